The number of carbonyl (C=O) groups excluding carboxylic acids is 1. The van der Waals surface area contributed by atoms with Gasteiger partial charge >= 0.3 is 5.97 Å². The van der Waals surface area contributed by atoms with Gasteiger partial charge in [-0.15, -0.1) is 0 Å². The number of nitrogens with two attached hydrogens (primary N) is 1. The number of ether oxygens (including phenoxy) is 1. The largest absolute Gasteiger partial charge is 0.497 e. The third-order valence-electron chi connectivity index (χ3n) is 6.02. The predicted molar refractivity (Wildman–Crippen MR) is 134 cm³/mol. The summed E-state index contributed by atoms with van der Waals surface area (Å²) in [5.41, 5.74) is 9.30. The zero-order valence-corrected chi connectivity index (χ0v) is 20.1. The number of hydrogen-bond donors (Lipinski definition) is 4. The van der Waals surface area contributed by atoms with Crippen molar-refractivity contribution < 1.29 is 24.3 Å². The number of carboxylic acid groups (broad SMARTS) is 1. The SMILES string of the molecule is COc1cccc(C(=NOCC(=O)NCC2CCCCC2)c2ccc(N)c(CNCC(=O)O)c2)c1. The number of oxime groups is 1. The van der Waals surface area contributed by atoms with Crippen LogP contribution in [0, 0.1) is 5.92 Å². The minimum Gasteiger partial charge on any atom is -0.497 e. The molecule has 0 spiro atoms. The Hall–Kier alpha value is -3.59. The molecule has 9 heteroatoms. The van der Waals surface area contributed by atoms with Crippen molar-refractivity contribution in [2.75, 3.05) is 32.5 Å². The molecule has 1 amide bonds. The molecule has 0 saturated heterocycles. The van der Waals surface area contributed by atoms with E-state index in [0.29, 0.717) is 35.2 Å². The molecule has 9 nitrogen and oxygen atoms in total. The van der Waals surface area contributed by atoms with Crippen molar-refractivity contribution >= 4 is 23.3 Å². The smallest absolute Gasteiger partial charge is 0.317 e. The average molecular weight is 483 g/mol. The van der Waals surface area contributed by atoms with E-state index in [0.717, 1.165) is 24.0 Å². The second-order valence-corrected chi connectivity index (χ2v) is 8.66. The molecule has 3 rings (SSSR count). The molecule has 0 atom stereocenters. The molecule has 2 aromatic rings. The molecule has 0 bridgehead atoms. The topological polar surface area (TPSA) is 135 Å². The summed E-state index contributed by atoms with van der Waals surface area (Å²) in [7, 11) is 1.58. The van der Waals surface area contributed by atoms with Crippen LogP contribution in [0.1, 0.15) is 48.8 Å². The fourth-order valence-corrected chi connectivity index (χ4v) is 4.11. The summed E-state index contributed by atoms with van der Waals surface area (Å²) in [6, 6.07) is 12.7. The summed E-state index contributed by atoms with van der Waals surface area (Å²) >= 11 is 0. The van der Waals surface area contributed by atoms with E-state index < -0.39 is 5.97 Å². The summed E-state index contributed by atoms with van der Waals surface area (Å²) in [5, 5.41) is 19.0. The molecule has 35 heavy (non-hydrogen) atoms. The molecule has 1 fully saturated rings. The number of hydrogen-bond acceptors (Lipinski definition) is 7. The molecular weight excluding hydrogens is 448 g/mol. The minimum atomic E-state index is -0.950. The summed E-state index contributed by atoms with van der Waals surface area (Å²) in [4.78, 5) is 28.6. The predicted octanol–water partition coefficient (Wildman–Crippen LogP) is 2.92. The number of nitrogens with one attached hydrogen (secondary N) is 2. The number of benzene rings is 2. The van der Waals surface area contributed by atoms with Crippen LogP contribution in [0.2, 0.25) is 0 Å². The zero-order valence-electron chi connectivity index (χ0n) is 20.1. The Morgan fingerprint density at radius 2 is 1.89 bits per heavy atom. The van der Waals surface area contributed by atoms with Crippen LogP contribution in [0.3, 0.4) is 0 Å². The van der Waals surface area contributed by atoms with Crippen LogP contribution in [0.25, 0.3) is 0 Å². The van der Waals surface area contributed by atoms with Crippen LogP contribution in [0.5, 0.6) is 5.75 Å². The monoisotopic (exact) mass is 482 g/mol. The van der Waals surface area contributed by atoms with Crippen LogP contribution in [-0.4, -0.2) is 49.5 Å². The molecule has 188 valence electrons. The number of anilines is 1. The normalized spacial score (nSPS) is 14.4. The van der Waals surface area contributed by atoms with Gasteiger partial charge in [-0.1, -0.05) is 42.6 Å². The van der Waals surface area contributed by atoms with E-state index in [4.69, 9.17) is 20.4 Å². The minimum absolute atomic E-state index is 0.181. The van der Waals surface area contributed by atoms with E-state index in [2.05, 4.69) is 15.8 Å². The van der Waals surface area contributed by atoms with Crippen molar-refractivity contribution in [1.29, 1.82) is 0 Å². The van der Waals surface area contributed by atoms with Gasteiger partial charge in [-0.05, 0) is 48.6 Å². The highest BCUT2D eigenvalue weighted by molar-refractivity contribution is 6.13. The van der Waals surface area contributed by atoms with Crippen molar-refractivity contribution in [3.63, 3.8) is 0 Å². The molecule has 1 saturated carbocycles. The van der Waals surface area contributed by atoms with Gasteiger partial charge in [-0.2, -0.15) is 0 Å². The maximum atomic E-state index is 12.3. The number of nitrogens with zero attached hydrogens (tertiary/aromatic N) is 1. The maximum Gasteiger partial charge on any atom is 0.317 e. The fraction of sp³-hybridized carbons (Fsp3) is 0.423. The molecule has 2 aromatic carbocycles. The first-order valence-electron chi connectivity index (χ1n) is 11.9. The van der Waals surface area contributed by atoms with Gasteiger partial charge in [0.2, 0.25) is 0 Å². The van der Waals surface area contributed by atoms with Crippen LogP contribution in [-0.2, 0) is 21.0 Å². The van der Waals surface area contributed by atoms with Crippen LogP contribution in [0.15, 0.2) is 47.6 Å². The lowest BCUT2D eigenvalue weighted by atomic mass is 9.89. The highest BCUT2D eigenvalue weighted by Gasteiger charge is 2.15. The number of carbonyl (C=O) groups is 2. The molecular formula is C26H34N4O5. The van der Waals surface area contributed by atoms with E-state index in [1.54, 1.807) is 19.2 Å². The Morgan fingerprint density at radius 3 is 2.63 bits per heavy atom. The van der Waals surface area contributed by atoms with Gasteiger partial charge in [0.25, 0.3) is 5.91 Å². The lowest BCUT2D eigenvalue weighted by Gasteiger charge is -2.21. The van der Waals surface area contributed by atoms with Crippen LogP contribution in [0.4, 0.5) is 5.69 Å². The first kappa shape index (κ1) is 26.0. The summed E-state index contributed by atoms with van der Waals surface area (Å²) in [5.74, 6) is 0.0272. The Balaban J connectivity index is 1.74. The van der Waals surface area contributed by atoms with E-state index in [9.17, 15) is 9.59 Å². The molecule has 0 aliphatic heterocycles. The number of rotatable bonds is 12. The van der Waals surface area contributed by atoms with E-state index in [1.165, 1.54) is 19.3 Å². The molecule has 0 aromatic heterocycles. The molecule has 5 N–H and O–H groups in total. The van der Waals surface area contributed by atoms with Gasteiger partial charge in [-0.25, -0.2) is 0 Å². The van der Waals surface area contributed by atoms with Crippen molar-refractivity contribution in [2.45, 2.75) is 38.6 Å². The van der Waals surface area contributed by atoms with Gasteiger partial charge in [0.15, 0.2) is 6.61 Å². The molecule has 0 radical (unpaired) electrons. The number of amides is 1. The second-order valence-electron chi connectivity index (χ2n) is 8.66. The lowest BCUT2D eigenvalue weighted by molar-refractivity contribution is -0.136. The van der Waals surface area contributed by atoms with Gasteiger partial charge in [-0.3, -0.25) is 9.59 Å². The van der Waals surface area contributed by atoms with Crippen molar-refractivity contribution in [3.05, 3.63) is 59.2 Å². The third-order valence-corrected chi connectivity index (χ3v) is 6.02. The molecule has 0 heterocycles. The summed E-state index contributed by atoms with van der Waals surface area (Å²) in [6.45, 7) is 0.572. The fourth-order valence-electron chi connectivity index (χ4n) is 4.11. The first-order chi connectivity index (χ1) is 17.0. The van der Waals surface area contributed by atoms with Gasteiger partial charge in [0, 0.05) is 29.9 Å². The van der Waals surface area contributed by atoms with E-state index in [-0.39, 0.29) is 25.6 Å². The van der Waals surface area contributed by atoms with Gasteiger partial charge < -0.3 is 31.0 Å². The molecule has 1 aliphatic carbocycles. The third kappa shape index (κ3) is 8.29. The lowest BCUT2D eigenvalue weighted by Crippen LogP contribution is -2.32. The van der Waals surface area contributed by atoms with E-state index in [1.807, 2.05) is 30.3 Å². The highest BCUT2D eigenvalue weighted by atomic mass is 16.6. The summed E-state index contributed by atoms with van der Waals surface area (Å²) in [6.07, 6.45) is 6.03. The Kier molecular flexibility index (Phi) is 9.92. The van der Waals surface area contributed by atoms with E-state index >= 15 is 0 Å². The maximum absolute atomic E-state index is 12.3. The second kappa shape index (κ2) is 13.3. The number of carboxylic acids is 1. The molecule has 0 unspecified atom stereocenters. The zero-order chi connectivity index (χ0) is 25.0. The van der Waals surface area contributed by atoms with Gasteiger partial charge in [0.05, 0.1) is 13.7 Å². The highest BCUT2D eigenvalue weighted by Crippen LogP contribution is 2.23. The standard InChI is InChI=1S/C26H34N4O5/c1-34-22-9-5-8-19(13-22)26(20-10-11-23(27)21(12-20)15-28-16-25(32)33)30-35-17-24(31)29-14-18-6-3-2-4-7-18/h5,8-13,18,28H,2-4,6-7,14-17,27H2,1H3,(H,29,31)(H,32,33). The van der Waals surface area contributed by atoms with Crippen molar-refractivity contribution in [1.82, 2.24) is 10.6 Å². The van der Waals surface area contributed by atoms with Crippen molar-refractivity contribution in [3.8, 4) is 5.75 Å². The summed E-state index contributed by atoms with van der Waals surface area (Å²) < 4.78 is 5.35. The van der Waals surface area contributed by atoms with Crippen LogP contribution < -0.4 is 21.1 Å². The first-order valence-corrected chi connectivity index (χ1v) is 11.9. The number of nitrogen functional groups attached to an aromatic ring is 1. The quantitative estimate of drug-likeness (QED) is 0.207. The van der Waals surface area contributed by atoms with Crippen molar-refractivity contribution in [2.24, 2.45) is 11.1 Å². The molecule has 1 aliphatic rings. The number of methoxy groups -OCH3 is 1. The Morgan fingerprint density at radius 1 is 1.11 bits per heavy atom. The van der Waals surface area contributed by atoms with Gasteiger partial charge in [0.1, 0.15) is 11.5 Å². The Labute approximate surface area is 205 Å². The number of aliphatic carboxylic acids is 1. The Bertz CT molecular complexity index is 1030. The van der Waals surface area contributed by atoms with Crippen LogP contribution >= 0.6 is 0 Å². The average Bonchev–Trinajstić information content (AvgIpc) is 2.87.